The van der Waals surface area contributed by atoms with Crippen molar-refractivity contribution in [3.8, 4) is 5.75 Å². The van der Waals surface area contributed by atoms with Crippen molar-refractivity contribution in [1.82, 2.24) is 9.97 Å². The summed E-state index contributed by atoms with van der Waals surface area (Å²) in [5, 5.41) is 7.36. The smallest absolute Gasteiger partial charge is 0.225 e. The molecule has 1 heterocycles. The third-order valence-corrected chi connectivity index (χ3v) is 3.68. The fourth-order valence-corrected chi connectivity index (χ4v) is 2.47. The van der Waals surface area contributed by atoms with Crippen LogP contribution in [0.15, 0.2) is 48.5 Å². The van der Waals surface area contributed by atoms with Crippen LogP contribution in [0.3, 0.4) is 0 Å². The van der Waals surface area contributed by atoms with Crippen molar-refractivity contribution in [3.05, 3.63) is 54.1 Å². The van der Waals surface area contributed by atoms with E-state index >= 15 is 0 Å². The standard InChI is InChI=1S/C18H20N4O/c1-19-17-15-12-14(23-2)8-9-16(15)21-18(22-17)20-11-10-13-6-4-3-5-7-13/h3-9,12H,10-11H2,1-2H3,(H2,19,20,21,22). The number of nitrogens with one attached hydrogen (secondary N) is 2. The molecule has 2 N–H and O–H groups in total. The number of fused-ring (bicyclic) bond motifs is 1. The molecule has 0 unspecified atom stereocenters. The van der Waals surface area contributed by atoms with Crippen molar-refractivity contribution in [2.75, 3.05) is 31.3 Å². The van der Waals surface area contributed by atoms with Crippen LogP contribution in [0.2, 0.25) is 0 Å². The maximum atomic E-state index is 5.27. The Kier molecular flexibility index (Phi) is 4.57. The second-order valence-electron chi connectivity index (χ2n) is 5.19. The monoisotopic (exact) mass is 308 g/mol. The lowest BCUT2D eigenvalue weighted by Crippen LogP contribution is -2.09. The molecular formula is C18H20N4O. The van der Waals surface area contributed by atoms with E-state index in [4.69, 9.17) is 4.74 Å². The minimum absolute atomic E-state index is 0.628. The van der Waals surface area contributed by atoms with Gasteiger partial charge in [0.1, 0.15) is 11.6 Å². The molecule has 0 aliphatic heterocycles. The van der Waals surface area contributed by atoms with Crippen LogP contribution in [-0.4, -0.2) is 30.7 Å². The molecule has 0 aliphatic rings. The summed E-state index contributed by atoms with van der Waals surface area (Å²) in [6.07, 6.45) is 0.930. The van der Waals surface area contributed by atoms with Crippen LogP contribution < -0.4 is 15.4 Å². The van der Waals surface area contributed by atoms with Gasteiger partial charge in [-0.1, -0.05) is 30.3 Å². The molecule has 0 aliphatic carbocycles. The summed E-state index contributed by atoms with van der Waals surface area (Å²) in [6.45, 7) is 0.787. The Hall–Kier alpha value is -2.82. The summed E-state index contributed by atoms with van der Waals surface area (Å²) in [4.78, 5) is 9.11. The summed E-state index contributed by atoms with van der Waals surface area (Å²) in [5.74, 6) is 2.21. The third-order valence-electron chi connectivity index (χ3n) is 3.68. The molecule has 0 bridgehead atoms. The zero-order valence-corrected chi connectivity index (χ0v) is 13.3. The second-order valence-corrected chi connectivity index (χ2v) is 5.19. The van der Waals surface area contributed by atoms with E-state index in [1.165, 1.54) is 5.56 Å². The lowest BCUT2D eigenvalue weighted by Gasteiger charge is -2.10. The van der Waals surface area contributed by atoms with Crippen LogP contribution in [0.5, 0.6) is 5.75 Å². The number of hydrogen-bond acceptors (Lipinski definition) is 5. The highest BCUT2D eigenvalue weighted by Gasteiger charge is 2.07. The fraction of sp³-hybridized carbons (Fsp3) is 0.222. The molecule has 5 heteroatoms. The topological polar surface area (TPSA) is 59.1 Å². The predicted octanol–water partition coefficient (Wildman–Crippen LogP) is 3.33. The van der Waals surface area contributed by atoms with Crippen LogP contribution in [0.1, 0.15) is 5.56 Å². The summed E-state index contributed by atoms with van der Waals surface area (Å²) in [7, 11) is 3.51. The van der Waals surface area contributed by atoms with Gasteiger partial charge in [0.15, 0.2) is 0 Å². The Morgan fingerprint density at radius 1 is 1.04 bits per heavy atom. The number of hydrogen-bond donors (Lipinski definition) is 2. The van der Waals surface area contributed by atoms with Gasteiger partial charge in [-0.3, -0.25) is 0 Å². The molecule has 118 valence electrons. The van der Waals surface area contributed by atoms with Crippen molar-refractivity contribution in [2.45, 2.75) is 6.42 Å². The van der Waals surface area contributed by atoms with E-state index in [-0.39, 0.29) is 0 Å². The summed E-state index contributed by atoms with van der Waals surface area (Å²) in [5.41, 5.74) is 2.17. The number of ether oxygens (including phenoxy) is 1. The van der Waals surface area contributed by atoms with Crippen LogP contribution in [0.25, 0.3) is 10.9 Å². The lowest BCUT2D eigenvalue weighted by atomic mass is 10.1. The summed E-state index contributed by atoms with van der Waals surface area (Å²) in [6, 6.07) is 16.2. The highest BCUT2D eigenvalue weighted by Crippen LogP contribution is 2.25. The molecule has 0 radical (unpaired) electrons. The average Bonchev–Trinajstić information content (AvgIpc) is 2.61. The molecule has 2 aromatic carbocycles. The molecule has 1 aromatic heterocycles. The van der Waals surface area contributed by atoms with Gasteiger partial charge in [0.25, 0.3) is 0 Å². The minimum atomic E-state index is 0.628. The highest BCUT2D eigenvalue weighted by molar-refractivity contribution is 5.91. The number of nitrogens with zero attached hydrogens (tertiary/aromatic N) is 2. The van der Waals surface area contributed by atoms with Crippen LogP contribution in [0, 0.1) is 0 Å². The van der Waals surface area contributed by atoms with E-state index in [0.29, 0.717) is 5.95 Å². The van der Waals surface area contributed by atoms with Gasteiger partial charge in [-0.15, -0.1) is 0 Å². The zero-order chi connectivity index (χ0) is 16.1. The molecule has 0 saturated carbocycles. The largest absolute Gasteiger partial charge is 0.497 e. The second kappa shape index (κ2) is 6.96. The van der Waals surface area contributed by atoms with Crippen molar-refractivity contribution >= 4 is 22.7 Å². The van der Waals surface area contributed by atoms with E-state index in [1.54, 1.807) is 7.11 Å². The predicted molar refractivity (Wildman–Crippen MR) is 94.3 cm³/mol. The van der Waals surface area contributed by atoms with E-state index in [0.717, 1.165) is 35.4 Å². The quantitative estimate of drug-likeness (QED) is 0.731. The maximum Gasteiger partial charge on any atom is 0.225 e. The van der Waals surface area contributed by atoms with Crippen molar-refractivity contribution in [3.63, 3.8) is 0 Å². The molecule has 5 nitrogen and oxygen atoms in total. The first kappa shape index (κ1) is 15.1. The number of rotatable bonds is 6. The van der Waals surface area contributed by atoms with Crippen LogP contribution >= 0.6 is 0 Å². The molecule has 3 rings (SSSR count). The van der Waals surface area contributed by atoms with Crippen molar-refractivity contribution in [2.24, 2.45) is 0 Å². The Morgan fingerprint density at radius 3 is 2.61 bits per heavy atom. The van der Waals surface area contributed by atoms with Gasteiger partial charge in [-0.25, -0.2) is 4.98 Å². The van der Waals surface area contributed by atoms with Gasteiger partial charge in [0.2, 0.25) is 5.95 Å². The zero-order valence-electron chi connectivity index (χ0n) is 13.3. The van der Waals surface area contributed by atoms with Gasteiger partial charge in [0.05, 0.1) is 12.6 Å². The van der Waals surface area contributed by atoms with Crippen molar-refractivity contribution in [1.29, 1.82) is 0 Å². The lowest BCUT2D eigenvalue weighted by molar-refractivity contribution is 0.415. The maximum absolute atomic E-state index is 5.27. The van der Waals surface area contributed by atoms with Gasteiger partial charge in [0, 0.05) is 19.0 Å². The van der Waals surface area contributed by atoms with Gasteiger partial charge in [-0.2, -0.15) is 4.98 Å². The molecular weight excluding hydrogens is 288 g/mol. The van der Waals surface area contributed by atoms with E-state index < -0.39 is 0 Å². The average molecular weight is 308 g/mol. The first-order valence-corrected chi connectivity index (χ1v) is 7.61. The Morgan fingerprint density at radius 2 is 1.87 bits per heavy atom. The van der Waals surface area contributed by atoms with Crippen molar-refractivity contribution < 1.29 is 4.74 Å². The molecule has 0 fully saturated rings. The highest BCUT2D eigenvalue weighted by atomic mass is 16.5. The van der Waals surface area contributed by atoms with E-state index in [1.807, 2.05) is 43.4 Å². The summed E-state index contributed by atoms with van der Waals surface area (Å²) >= 11 is 0. The number of anilines is 2. The van der Waals surface area contributed by atoms with E-state index in [2.05, 4.69) is 32.7 Å². The number of aromatic nitrogens is 2. The number of benzene rings is 2. The van der Waals surface area contributed by atoms with Crippen LogP contribution in [0.4, 0.5) is 11.8 Å². The first-order chi connectivity index (χ1) is 11.3. The SMILES string of the molecule is CNc1nc(NCCc2ccccc2)nc2ccc(OC)cc12. The van der Waals surface area contributed by atoms with Crippen LogP contribution in [-0.2, 0) is 6.42 Å². The molecule has 0 atom stereocenters. The molecule has 3 aromatic rings. The first-order valence-electron chi connectivity index (χ1n) is 7.61. The molecule has 23 heavy (non-hydrogen) atoms. The Labute approximate surface area is 135 Å². The Balaban J connectivity index is 1.78. The van der Waals surface area contributed by atoms with Gasteiger partial charge in [-0.05, 0) is 30.2 Å². The molecule has 0 amide bonds. The molecule has 0 spiro atoms. The van der Waals surface area contributed by atoms with Gasteiger partial charge < -0.3 is 15.4 Å². The third kappa shape index (κ3) is 3.51. The Bertz CT molecular complexity index is 790. The fourth-order valence-electron chi connectivity index (χ4n) is 2.47. The normalized spacial score (nSPS) is 10.5. The number of methoxy groups -OCH3 is 1. The minimum Gasteiger partial charge on any atom is -0.497 e. The van der Waals surface area contributed by atoms with E-state index in [9.17, 15) is 0 Å². The summed E-state index contributed by atoms with van der Waals surface area (Å²) < 4.78 is 5.27. The molecule has 0 saturated heterocycles. The van der Waals surface area contributed by atoms with Gasteiger partial charge >= 0.3 is 0 Å².